The summed E-state index contributed by atoms with van der Waals surface area (Å²) in [6.07, 6.45) is 0.101. The predicted octanol–water partition coefficient (Wildman–Crippen LogP) is 1.71. The highest BCUT2D eigenvalue weighted by Crippen LogP contribution is 2.35. The van der Waals surface area contributed by atoms with Crippen LogP contribution in [-0.2, 0) is 14.3 Å². The molecule has 1 saturated heterocycles. The van der Waals surface area contributed by atoms with Crippen LogP contribution in [0.15, 0.2) is 29.4 Å². The highest BCUT2D eigenvalue weighted by atomic mass is 35.5. The third-order valence-electron chi connectivity index (χ3n) is 3.41. The SMILES string of the molecule is CCOC(=O)C1(C)C/C(=N\N)C(=O)N1c1ccc(Cl)cc1. The van der Waals surface area contributed by atoms with Crippen LogP contribution in [-0.4, -0.2) is 29.7 Å². The quantitative estimate of drug-likeness (QED) is 0.523. The van der Waals surface area contributed by atoms with E-state index in [2.05, 4.69) is 5.10 Å². The Hall–Kier alpha value is -2.08. The van der Waals surface area contributed by atoms with Gasteiger partial charge in [-0.3, -0.25) is 9.69 Å². The van der Waals surface area contributed by atoms with E-state index in [4.69, 9.17) is 22.2 Å². The average Bonchev–Trinajstić information content (AvgIpc) is 2.73. The van der Waals surface area contributed by atoms with E-state index in [-0.39, 0.29) is 18.7 Å². The lowest BCUT2D eigenvalue weighted by Gasteiger charge is -2.32. The molecule has 1 heterocycles. The van der Waals surface area contributed by atoms with Crippen LogP contribution in [0.1, 0.15) is 20.3 Å². The van der Waals surface area contributed by atoms with Crippen molar-refractivity contribution in [1.82, 2.24) is 0 Å². The molecule has 0 spiro atoms. The van der Waals surface area contributed by atoms with E-state index < -0.39 is 17.4 Å². The van der Waals surface area contributed by atoms with Crippen molar-refractivity contribution in [3.8, 4) is 0 Å². The van der Waals surface area contributed by atoms with Gasteiger partial charge in [-0.2, -0.15) is 5.10 Å². The molecule has 1 aliphatic rings. The van der Waals surface area contributed by atoms with Crippen molar-refractivity contribution in [2.75, 3.05) is 11.5 Å². The largest absolute Gasteiger partial charge is 0.464 e. The molecule has 21 heavy (non-hydrogen) atoms. The first kappa shape index (κ1) is 15.3. The Bertz CT molecular complexity index is 600. The van der Waals surface area contributed by atoms with E-state index in [0.29, 0.717) is 10.7 Å². The normalized spacial score (nSPS) is 23.7. The number of halogens is 1. The highest BCUT2D eigenvalue weighted by molar-refractivity contribution is 6.48. The number of carbonyl (C=O) groups excluding carboxylic acids is 2. The van der Waals surface area contributed by atoms with Crippen molar-refractivity contribution in [3.63, 3.8) is 0 Å². The van der Waals surface area contributed by atoms with Crippen molar-refractivity contribution < 1.29 is 14.3 Å². The zero-order valence-electron chi connectivity index (χ0n) is 11.8. The van der Waals surface area contributed by atoms with Crippen molar-refractivity contribution in [3.05, 3.63) is 29.3 Å². The zero-order valence-corrected chi connectivity index (χ0v) is 12.6. The first-order valence-electron chi connectivity index (χ1n) is 6.48. The maximum Gasteiger partial charge on any atom is 0.332 e. The maximum atomic E-state index is 12.4. The summed E-state index contributed by atoms with van der Waals surface area (Å²) in [6.45, 7) is 3.57. The molecular weight excluding hydrogens is 294 g/mol. The second-order valence-electron chi connectivity index (χ2n) is 4.86. The predicted molar refractivity (Wildman–Crippen MR) is 80.2 cm³/mol. The van der Waals surface area contributed by atoms with Crippen LogP contribution in [0.4, 0.5) is 5.69 Å². The number of esters is 1. The number of anilines is 1. The Labute approximate surface area is 127 Å². The summed E-state index contributed by atoms with van der Waals surface area (Å²) in [5, 5.41) is 4.03. The number of hydrogen-bond acceptors (Lipinski definition) is 5. The molecule has 2 rings (SSSR count). The Kier molecular flexibility index (Phi) is 4.18. The molecule has 0 bridgehead atoms. The lowest BCUT2D eigenvalue weighted by molar-refractivity contribution is -0.149. The Morgan fingerprint density at radius 2 is 2.10 bits per heavy atom. The van der Waals surface area contributed by atoms with Gasteiger partial charge in [0.15, 0.2) is 0 Å². The minimum absolute atomic E-state index is 0.101. The van der Waals surface area contributed by atoms with Gasteiger partial charge in [0.25, 0.3) is 5.91 Å². The summed E-state index contributed by atoms with van der Waals surface area (Å²) in [4.78, 5) is 26.1. The number of rotatable bonds is 3. The minimum Gasteiger partial charge on any atom is -0.464 e. The second kappa shape index (κ2) is 5.73. The van der Waals surface area contributed by atoms with Gasteiger partial charge in [0, 0.05) is 17.1 Å². The zero-order chi connectivity index (χ0) is 15.6. The molecule has 1 unspecified atom stereocenters. The number of nitrogens with two attached hydrogens (primary N) is 1. The fourth-order valence-electron chi connectivity index (χ4n) is 2.38. The van der Waals surface area contributed by atoms with Crippen LogP contribution in [0, 0.1) is 0 Å². The fourth-order valence-corrected chi connectivity index (χ4v) is 2.50. The van der Waals surface area contributed by atoms with E-state index in [1.807, 2.05) is 0 Å². The topological polar surface area (TPSA) is 85.0 Å². The van der Waals surface area contributed by atoms with Gasteiger partial charge in [0.1, 0.15) is 11.3 Å². The molecule has 2 N–H and O–H groups in total. The average molecular weight is 310 g/mol. The smallest absolute Gasteiger partial charge is 0.332 e. The Balaban J connectivity index is 2.49. The summed E-state index contributed by atoms with van der Waals surface area (Å²) >= 11 is 5.86. The standard InChI is InChI=1S/C14H16ClN3O3/c1-3-21-13(20)14(2)8-11(17-16)12(19)18(14)10-6-4-9(15)5-7-10/h4-7H,3,8,16H2,1-2H3/b17-11+. The summed E-state index contributed by atoms with van der Waals surface area (Å²) in [7, 11) is 0. The number of benzene rings is 1. The molecule has 7 heteroatoms. The first-order valence-corrected chi connectivity index (χ1v) is 6.86. The van der Waals surface area contributed by atoms with E-state index in [0.717, 1.165) is 0 Å². The molecule has 1 aliphatic heterocycles. The van der Waals surface area contributed by atoms with Gasteiger partial charge in [0.05, 0.1) is 6.61 Å². The van der Waals surface area contributed by atoms with Crippen molar-refractivity contribution in [2.24, 2.45) is 10.9 Å². The highest BCUT2D eigenvalue weighted by Gasteiger charge is 2.53. The van der Waals surface area contributed by atoms with Crippen LogP contribution in [0.3, 0.4) is 0 Å². The van der Waals surface area contributed by atoms with Gasteiger partial charge in [0.2, 0.25) is 0 Å². The van der Waals surface area contributed by atoms with Gasteiger partial charge >= 0.3 is 5.97 Å². The molecule has 6 nitrogen and oxygen atoms in total. The maximum absolute atomic E-state index is 12.4. The van der Waals surface area contributed by atoms with Gasteiger partial charge in [-0.15, -0.1) is 0 Å². The number of amides is 1. The van der Waals surface area contributed by atoms with Crippen LogP contribution in [0.5, 0.6) is 0 Å². The van der Waals surface area contributed by atoms with Crippen LogP contribution in [0.2, 0.25) is 5.02 Å². The third-order valence-corrected chi connectivity index (χ3v) is 3.66. The van der Waals surface area contributed by atoms with Gasteiger partial charge in [-0.05, 0) is 38.1 Å². The molecule has 0 saturated carbocycles. The van der Waals surface area contributed by atoms with Crippen molar-refractivity contribution in [1.29, 1.82) is 0 Å². The number of nitrogens with zero attached hydrogens (tertiary/aromatic N) is 2. The Morgan fingerprint density at radius 3 is 2.62 bits per heavy atom. The summed E-state index contributed by atoms with van der Waals surface area (Å²) in [6, 6.07) is 6.62. The molecule has 1 fully saturated rings. The monoisotopic (exact) mass is 309 g/mol. The number of carbonyl (C=O) groups is 2. The van der Waals surface area contributed by atoms with E-state index in [1.165, 1.54) is 4.90 Å². The first-order chi connectivity index (χ1) is 9.93. The number of ether oxygens (including phenoxy) is 1. The lowest BCUT2D eigenvalue weighted by atomic mass is 9.98. The van der Waals surface area contributed by atoms with Crippen molar-refractivity contribution >= 4 is 34.9 Å². The molecule has 1 amide bonds. The third kappa shape index (κ3) is 2.58. The summed E-state index contributed by atoms with van der Waals surface area (Å²) in [5.74, 6) is 4.35. The summed E-state index contributed by atoms with van der Waals surface area (Å²) in [5.41, 5.74) is -0.488. The molecular formula is C14H16ClN3O3. The summed E-state index contributed by atoms with van der Waals surface area (Å²) < 4.78 is 5.09. The molecule has 1 aromatic rings. The fraction of sp³-hybridized carbons (Fsp3) is 0.357. The number of hydrogen-bond donors (Lipinski definition) is 1. The molecule has 1 atom stereocenters. The van der Waals surface area contributed by atoms with Crippen LogP contribution >= 0.6 is 11.6 Å². The molecule has 112 valence electrons. The van der Waals surface area contributed by atoms with Crippen LogP contribution in [0.25, 0.3) is 0 Å². The van der Waals surface area contributed by atoms with E-state index in [9.17, 15) is 9.59 Å². The molecule has 0 aromatic heterocycles. The van der Waals surface area contributed by atoms with Crippen molar-refractivity contribution in [2.45, 2.75) is 25.8 Å². The van der Waals surface area contributed by atoms with Gasteiger partial charge < -0.3 is 10.6 Å². The Morgan fingerprint density at radius 1 is 1.48 bits per heavy atom. The second-order valence-corrected chi connectivity index (χ2v) is 5.30. The minimum atomic E-state index is -1.17. The molecule has 1 aromatic carbocycles. The number of hydrazone groups is 1. The van der Waals surface area contributed by atoms with E-state index in [1.54, 1.807) is 38.1 Å². The molecule has 0 radical (unpaired) electrons. The molecule has 0 aliphatic carbocycles. The van der Waals surface area contributed by atoms with E-state index >= 15 is 0 Å². The van der Waals surface area contributed by atoms with Gasteiger partial charge in [-0.25, -0.2) is 4.79 Å². The van der Waals surface area contributed by atoms with Gasteiger partial charge in [-0.1, -0.05) is 11.6 Å². The van der Waals surface area contributed by atoms with Crippen LogP contribution < -0.4 is 10.7 Å². The lowest BCUT2D eigenvalue weighted by Crippen LogP contribution is -2.50.